The molecule has 3 aromatic rings. The van der Waals surface area contributed by atoms with Gasteiger partial charge in [-0.3, -0.25) is 10.1 Å². The monoisotopic (exact) mass is 526 g/mol. The fourth-order valence-electron chi connectivity index (χ4n) is 3.06. The number of carbonyl (C=O) groups is 1. The van der Waals surface area contributed by atoms with Gasteiger partial charge in [0.2, 0.25) is 0 Å². The fraction of sp³-hybridized carbons (Fsp3) is 0.231. The Kier molecular flexibility index (Phi) is 9.72. The summed E-state index contributed by atoms with van der Waals surface area (Å²) in [5.74, 6) is 0.906. The van der Waals surface area contributed by atoms with Gasteiger partial charge in [-0.1, -0.05) is 65.7 Å². The lowest BCUT2D eigenvalue weighted by Gasteiger charge is -2.14. The summed E-state index contributed by atoms with van der Waals surface area (Å²) in [6.45, 7) is 3.24. The molecular formula is C26H27BrN2O3S. The van der Waals surface area contributed by atoms with Crippen LogP contribution >= 0.6 is 28.1 Å². The number of anilines is 1. The van der Waals surface area contributed by atoms with Crippen molar-refractivity contribution in [1.82, 2.24) is 5.32 Å². The fourth-order valence-corrected chi connectivity index (χ4v) is 3.63. The molecule has 33 heavy (non-hydrogen) atoms. The molecule has 7 heteroatoms. The molecule has 0 saturated heterocycles. The van der Waals surface area contributed by atoms with Crippen LogP contribution in [-0.4, -0.2) is 24.2 Å². The molecule has 0 radical (unpaired) electrons. The first-order valence-corrected chi connectivity index (χ1v) is 12.1. The van der Waals surface area contributed by atoms with Crippen molar-refractivity contribution < 1.29 is 14.3 Å². The second-order valence-corrected chi connectivity index (χ2v) is 8.69. The van der Waals surface area contributed by atoms with Gasteiger partial charge >= 0.3 is 0 Å². The minimum Gasteiger partial charge on any atom is -0.494 e. The molecule has 0 aliphatic rings. The van der Waals surface area contributed by atoms with Crippen molar-refractivity contribution in [2.24, 2.45) is 0 Å². The summed E-state index contributed by atoms with van der Waals surface area (Å²) in [6, 6.07) is 22.9. The SMILES string of the molecule is CCCCOc1cccc(NC(=S)NC(=O)c2cc(Br)ccc2OCCc2ccccc2)c1. The van der Waals surface area contributed by atoms with E-state index < -0.39 is 0 Å². The molecule has 0 spiro atoms. The average Bonchev–Trinajstić information content (AvgIpc) is 2.81. The summed E-state index contributed by atoms with van der Waals surface area (Å²) >= 11 is 8.78. The van der Waals surface area contributed by atoms with Crippen molar-refractivity contribution in [3.63, 3.8) is 0 Å². The topological polar surface area (TPSA) is 59.6 Å². The molecular weight excluding hydrogens is 500 g/mol. The minimum absolute atomic E-state index is 0.195. The highest BCUT2D eigenvalue weighted by molar-refractivity contribution is 9.10. The van der Waals surface area contributed by atoms with Gasteiger partial charge in [0.25, 0.3) is 5.91 Å². The van der Waals surface area contributed by atoms with Crippen LogP contribution in [0.15, 0.2) is 77.3 Å². The summed E-state index contributed by atoms with van der Waals surface area (Å²) in [6.07, 6.45) is 2.81. The van der Waals surface area contributed by atoms with Crippen LogP contribution < -0.4 is 20.1 Å². The largest absolute Gasteiger partial charge is 0.494 e. The van der Waals surface area contributed by atoms with Crippen molar-refractivity contribution in [1.29, 1.82) is 0 Å². The van der Waals surface area contributed by atoms with E-state index in [1.165, 1.54) is 5.56 Å². The first-order chi connectivity index (χ1) is 16.0. The van der Waals surface area contributed by atoms with Gasteiger partial charge in [-0.05, 0) is 54.5 Å². The van der Waals surface area contributed by atoms with Crippen molar-refractivity contribution in [3.05, 3.63) is 88.4 Å². The lowest BCUT2D eigenvalue weighted by Crippen LogP contribution is -2.34. The molecule has 3 rings (SSSR count). The van der Waals surface area contributed by atoms with E-state index in [2.05, 4.69) is 33.5 Å². The number of hydrogen-bond acceptors (Lipinski definition) is 4. The van der Waals surface area contributed by atoms with Crippen molar-refractivity contribution >= 4 is 44.9 Å². The van der Waals surface area contributed by atoms with E-state index >= 15 is 0 Å². The highest BCUT2D eigenvalue weighted by Gasteiger charge is 2.15. The summed E-state index contributed by atoms with van der Waals surface area (Å²) in [7, 11) is 0. The summed E-state index contributed by atoms with van der Waals surface area (Å²) in [4.78, 5) is 12.9. The molecule has 0 fully saturated rings. The van der Waals surface area contributed by atoms with E-state index in [1.54, 1.807) is 12.1 Å². The van der Waals surface area contributed by atoms with Gasteiger partial charge in [0, 0.05) is 22.6 Å². The highest BCUT2D eigenvalue weighted by atomic mass is 79.9. The molecule has 1 amide bonds. The summed E-state index contributed by atoms with van der Waals surface area (Å²) in [5, 5.41) is 5.97. The van der Waals surface area contributed by atoms with E-state index in [-0.39, 0.29) is 11.0 Å². The Balaban J connectivity index is 1.59. The highest BCUT2D eigenvalue weighted by Crippen LogP contribution is 2.24. The van der Waals surface area contributed by atoms with E-state index in [4.69, 9.17) is 21.7 Å². The molecule has 0 aliphatic heterocycles. The van der Waals surface area contributed by atoms with Gasteiger partial charge in [0.05, 0.1) is 18.8 Å². The minimum atomic E-state index is -0.348. The zero-order valence-electron chi connectivity index (χ0n) is 18.5. The number of rotatable bonds is 10. The molecule has 0 saturated carbocycles. The molecule has 0 bridgehead atoms. The first-order valence-electron chi connectivity index (χ1n) is 10.9. The molecule has 0 unspecified atom stereocenters. The van der Waals surface area contributed by atoms with Crippen molar-refractivity contribution in [3.8, 4) is 11.5 Å². The molecule has 0 aliphatic carbocycles. The van der Waals surface area contributed by atoms with Crippen LogP contribution in [0.25, 0.3) is 0 Å². The number of ether oxygens (including phenoxy) is 2. The number of hydrogen-bond donors (Lipinski definition) is 2. The van der Waals surface area contributed by atoms with E-state index in [0.29, 0.717) is 24.5 Å². The van der Waals surface area contributed by atoms with Crippen LogP contribution in [-0.2, 0) is 6.42 Å². The van der Waals surface area contributed by atoms with E-state index in [9.17, 15) is 4.79 Å². The Hall–Kier alpha value is -2.90. The van der Waals surface area contributed by atoms with Crippen LogP contribution in [0, 0.1) is 0 Å². The number of benzene rings is 3. The number of carbonyl (C=O) groups excluding carboxylic acids is 1. The normalized spacial score (nSPS) is 10.4. The Bertz CT molecular complexity index is 1080. The summed E-state index contributed by atoms with van der Waals surface area (Å²) in [5.41, 5.74) is 2.31. The number of thiocarbonyl (C=S) groups is 1. The smallest absolute Gasteiger partial charge is 0.261 e. The molecule has 0 atom stereocenters. The van der Waals surface area contributed by atoms with E-state index in [0.717, 1.165) is 35.2 Å². The molecule has 3 aromatic carbocycles. The average molecular weight is 527 g/mol. The van der Waals surface area contributed by atoms with Crippen LogP contribution in [0.3, 0.4) is 0 Å². The lowest BCUT2D eigenvalue weighted by atomic mass is 10.1. The van der Waals surface area contributed by atoms with Gasteiger partial charge in [-0.15, -0.1) is 0 Å². The quantitative estimate of drug-likeness (QED) is 0.237. The maximum Gasteiger partial charge on any atom is 0.261 e. The molecule has 0 heterocycles. The van der Waals surface area contributed by atoms with Gasteiger partial charge in [-0.25, -0.2) is 0 Å². The Morgan fingerprint density at radius 1 is 0.970 bits per heavy atom. The Morgan fingerprint density at radius 2 is 1.79 bits per heavy atom. The summed E-state index contributed by atoms with van der Waals surface area (Å²) < 4.78 is 12.4. The number of nitrogens with one attached hydrogen (secondary N) is 2. The molecule has 172 valence electrons. The maximum absolute atomic E-state index is 12.9. The van der Waals surface area contributed by atoms with Crippen molar-refractivity contribution in [2.75, 3.05) is 18.5 Å². The standard InChI is InChI=1S/C26H27BrN2O3S/c1-2-3-15-31-22-11-7-10-21(18-22)28-26(33)29-25(30)23-17-20(27)12-13-24(23)32-16-14-19-8-5-4-6-9-19/h4-13,17-18H,2-3,14-16H2,1H3,(H2,28,29,30,33). The second kappa shape index (κ2) is 13.0. The molecule has 0 aromatic heterocycles. The maximum atomic E-state index is 12.9. The van der Waals surface area contributed by atoms with Gasteiger partial charge in [0.1, 0.15) is 11.5 Å². The second-order valence-electron chi connectivity index (χ2n) is 7.36. The third kappa shape index (κ3) is 8.18. The Labute approximate surface area is 208 Å². The van der Waals surface area contributed by atoms with Gasteiger partial charge < -0.3 is 14.8 Å². The van der Waals surface area contributed by atoms with Gasteiger partial charge in [0.15, 0.2) is 5.11 Å². The zero-order valence-corrected chi connectivity index (χ0v) is 20.9. The molecule has 2 N–H and O–H groups in total. The third-order valence-electron chi connectivity index (χ3n) is 4.76. The number of halogens is 1. The lowest BCUT2D eigenvalue weighted by molar-refractivity contribution is 0.0973. The van der Waals surface area contributed by atoms with E-state index in [1.807, 2.05) is 60.7 Å². The van der Waals surface area contributed by atoms with Crippen LogP contribution in [0.2, 0.25) is 0 Å². The first kappa shape index (κ1) is 24.7. The van der Waals surface area contributed by atoms with Crippen LogP contribution in [0.4, 0.5) is 5.69 Å². The predicted molar refractivity (Wildman–Crippen MR) is 140 cm³/mol. The van der Waals surface area contributed by atoms with Crippen LogP contribution in [0.1, 0.15) is 35.7 Å². The number of unbranched alkanes of at least 4 members (excludes halogenated alkanes) is 1. The van der Waals surface area contributed by atoms with Crippen molar-refractivity contribution in [2.45, 2.75) is 26.2 Å². The van der Waals surface area contributed by atoms with Gasteiger partial charge in [-0.2, -0.15) is 0 Å². The third-order valence-corrected chi connectivity index (χ3v) is 5.46. The van der Waals surface area contributed by atoms with Crippen LogP contribution in [0.5, 0.6) is 11.5 Å². The Morgan fingerprint density at radius 3 is 2.58 bits per heavy atom. The number of amides is 1. The molecule has 5 nitrogen and oxygen atoms in total. The zero-order chi connectivity index (χ0) is 23.5. The predicted octanol–water partition coefficient (Wildman–Crippen LogP) is 6.38.